The van der Waals surface area contributed by atoms with Crippen molar-refractivity contribution in [2.75, 3.05) is 12.3 Å². The largest absolute Gasteiger partial charge is 0.472 e. The van der Waals surface area contributed by atoms with Gasteiger partial charge < -0.3 is 9.52 Å². The maximum Gasteiger partial charge on any atom is 0.211 e. The summed E-state index contributed by atoms with van der Waals surface area (Å²) in [5, 5.41) is 9.82. The summed E-state index contributed by atoms with van der Waals surface area (Å²) in [5.74, 6) is 0.0405. The summed E-state index contributed by atoms with van der Waals surface area (Å²) in [6.45, 7) is 0.198. The van der Waals surface area contributed by atoms with E-state index >= 15 is 0 Å². The molecule has 0 saturated heterocycles. The van der Waals surface area contributed by atoms with Crippen LogP contribution in [0.25, 0.3) is 0 Å². The van der Waals surface area contributed by atoms with Crippen LogP contribution in [0.3, 0.4) is 0 Å². The number of nitrogens with one attached hydrogen (secondary N) is 1. The molecule has 114 valence electrons. The summed E-state index contributed by atoms with van der Waals surface area (Å²) in [4.78, 5) is 0. The lowest BCUT2D eigenvalue weighted by Crippen LogP contribution is -2.29. The smallest absolute Gasteiger partial charge is 0.211 e. The molecule has 0 bridgehead atoms. The lowest BCUT2D eigenvalue weighted by molar-refractivity contribution is 0.168. The normalized spacial score (nSPS) is 13.2. The minimum absolute atomic E-state index is 0.0405. The molecule has 2 N–H and O–H groups in total. The molecule has 1 heterocycles. The zero-order valence-corrected chi connectivity index (χ0v) is 12.4. The molecule has 1 unspecified atom stereocenters. The van der Waals surface area contributed by atoms with E-state index in [0.717, 1.165) is 5.56 Å². The molecule has 0 amide bonds. The van der Waals surface area contributed by atoms with Gasteiger partial charge in [0.2, 0.25) is 10.0 Å². The van der Waals surface area contributed by atoms with Crippen LogP contribution in [0.5, 0.6) is 0 Å². The second-order valence-electron chi connectivity index (χ2n) is 4.81. The van der Waals surface area contributed by atoms with Gasteiger partial charge in [-0.3, -0.25) is 0 Å². The van der Waals surface area contributed by atoms with Gasteiger partial charge in [0.05, 0.1) is 24.4 Å². The Hall–Kier alpha value is -1.63. The lowest BCUT2D eigenvalue weighted by Gasteiger charge is -2.10. The predicted octanol–water partition coefficient (Wildman–Crippen LogP) is 1.87. The molecular formula is C15H19NO4S. The Balaban J connectivity index is 1.74. The average molecular weight is 309 g/mol. The van der Waals surface area contributed by atoms with Gasteiger partial charge in [0.1, 0.15) is 0 Å². The Morgan fingerprint density at radius 1 is 1.19 bits per heavy atom. The molecule has 0 aliphatic heterocycles. The van der Waals surface area contributed by atoms with Crippen molar-refractivity contribution in [3.8, 4) is 0 Å². The van der Waals surface area contributed by atoms with Gasteiger partial charge in [-0.1, -0.05) is 30.3 Å². The first-order valence-electron chi connectivity index (χ1n) is 6.78. The van der Waals surface area contributed by atoms with Gasteiger partial charge >= 0.3 is 0 Å². The molecule has 0 fully saturated rings. The van der Waals surface area contributed by atoms with Crippen molar-refractivity contribution in [3.05, 3.63) is 60.1 Å². The summed E-state index contributed by atoms with van der Waals surface area (Å²) >= 11 is 0. The Morgan fingerprint density at radius 3 is 2.62 bits per heavy atom. The molecule has 1 aromatic heterocycles. The third kappa shape index (κ3) is 5.34. The average Bonchev–Trinajstić information content (AvgIpc) is 3.00. The van der Waals surface area contributed by atoms with Crippen molar-refractivity contribution < 1.29 is 17.9 Å². The van der Waals surface area contributed by atoms with Gasteiger partial charge in [-0.2, -0.15) is 0 Å². The Morgan fingerprint density at radius 2 is 1.95 bits per heavy atom. The minimum Gasteiger partial charge on any atom is -0.472 e. The monoisotopic (exact) mass is 309 g/mol. The SMILES string of the molecule is O=S(=O)(CCc1ccccc1)NCCC(O)c1ccoc1. The number of aliphatic hydroxyl groups is 1. The maximum absolute atomic E-state index is 11.9. The summed E-state index contributed by atoms with van der Waals surface area (Å²) in [7, 11) is -3.33. The molecule has 0 saturated carbocycles. The number of aliphatic hydroxyl groups excluding tert-OH is 1. The first-order chi connectivity index (χ1) is 10.1. The van der Waals surface area contributed by atoms with E-state index in [2.05, 4.69) is 4.72 Å². The lowest BCUT2D eigenvalue weighted by atomic mass is 10.1. The van der Waals surface area contributed by atoms with Crippen LogP contribution in [0.15, 0.2) is 53.3 Å². The van der Waals surface area contributed by atoms with Crippen LogP contribution in [0.1, 0.15) is 23.7 Å². The van der Waals surface area contributed by atoms with Crippen LogP contribution in [0.4, 0.5) is 0 Å². The Bertz CT molecular complexity index is 623. The summed E-state index contributed by atoms with van der Waals surface area (Å²) in [6.07, 6.45) is 2.99. The standard InChI is InChI=1S/C15H19NO4S/c17-15(14-7-10-20-12-14)6-9-16-21(18,19)11-8-13-4-2-1-3-5-13/h1-5,7,10,12,15-17H,6,8-9,11H2. The van der Waals surface area contributed by atoms with Gasteiger partial charge in [-0.15, -0.1) is 0 Å². The van der Waals surface area contributed by atoms with Crippen LogP contribution in [-0.4, -0.2) is 25.8 Å². The number of benzene rings is 1. The second-order valence-corrected chi connectivity index (χ2v) is 6.74. The first kappa shape index (κ1) is 15.8. The number of hydrogen-bond acceptors (Lipinski definition) is 4. The maximum atomic E-state index is 11.9. The molecule has 5 nitrogen and oxygen atoms in total. The van der Waals surface area contributed by atoms with E-state index < -0.39 is 16.1 Å². The van der Waals surface area contributed by atoms with E-state index in [-0.39, 0.29) is 12.3 Å². The number of aryl methyl sites for hydroxylation is 1. The van der Waals surface area contributed by atoms with Crippen molar-refractivity contribution in [1.82, 2.24) is 4.72 Å². The third-order valence-electron chi connectivity index (χ3n) is 3.17. The molecule has 2 rings (SSSR count). The van der Waals surface area contributed by atoms with E-state index in [9.17, 15) is 13.5 Å². The zero-order valence-electron chi connectivity index (χ0n) is 11.6. The highest BCUT2D eigenvalue weighted by atomic mass is 32.2. The highest BCUT2D eigenvalue weighted by molar-refractivity contribution is 7.89. The zero-order chi connectivity index (χ0) is 15.1. The molecule has 0 aliphatic rings. The van der Waals surface area contributed by atoms with E-state index in [1.165, 1.54) is 12.5 Å². The van der Waals surface area contributed by atoms with Crippen LogP contribution in [0, 0.1) is 0 Å². The van der Waals surface area contributed by atoms with Crippen LogP contribution in [0.2, 0.25) is 0 Å². The van der Waals surface area contributed by atoms with Crippen molar-refractivity contribution in [1.29, 1.82) is 0 Å². The molecule has 6 heteroatoms. The van der Waals surface area contributed by atoms with Crippen molar-refractivity contribution >= 4 is 10.0 Å². The summed E-state index contributed by atoms with van der Waals surface area (Å²) in [5.41, 5.74) is 1.64. The highest BCUT2D eigenvalue weighted by Gasteiger charge is 2.13. The van der Waals surface area contributed by atoms with E-state index in [0.29, 0.717) is 18.4 Å². The van der Waals surface area contributed by atoms with Crippen molar-refractivity contribution in [2.24, 2.45) is 0 Å². The van der Waals surface area contributed by atoms with E-state index in [4.69, 9.17) is 4.42 Å². The first-order valence-corrected chi connectivity index (χ1v) is 8.43. The number of rotatable bonds is 8. The Kier molecular flexibility index (Phi) is 5.55. The van der Waals surface area contributed by atoms with E-state index in [1.54, 1.807) is 6.07 Å². The number of sulfonamides is 1. The molecule has 21 heavy (non-hydrogen) atoms. The molecule has 2 aromatic rings. The quantitative estimate of drug-likeness (QED) is 0.780. The Labute approximate surface area is 124 Å². The third-order valence-corrected chi connectivity index (χ3v) is 4.56. The second kappa shape index (κ2) is 7.40. The molecule has 0 spiro atoms. The molecule has 1 aromatic carbocycles. The summed E-state index contributed by atoms with van der Waals surface area (Å²) < 4.78 is 31.1. The molecular weight excluding hydrogens is 290 g/mol. The molecule has 0 aliphatic carbocycles. The molecule has 0 radical (unpaired) electrons. The topological polar surface area (TPSA) is 79.5 Å². The van der Waals surface area contributed by atoms with Gasteiger partial charge in [0, 0.05) is 12.1 Å². The number of furan rings is 1. The van der Waals surface area contributed by atoms with Gasteiger partial charge in [-0.25, -0.2) is 13.1 Å². The van der Waals surface area contributed by atoms with Crippen LogP contribution >= 0.6 is 0 Å². The summed E-state index contributed by atoms with van der Waals surface area (Å²) in [6, 6.07) is 11.1. The molecule has 1 atom stereocenters. The van der Waals surface area contributed by atoms with E-state index in [1.807, 2.05) is 30.3 Å². The highest BCUT2D eigenvalue weighted by Crippen LogP contribution is 2.15. The minimum atomic E-state index is -3.33. The predicted molar refractivity (Wildman–Crippen MR) is 80.2 cm³/mol. The fourth-order valence-electron chi connectivity index (χ4n) is 1.95. The number of hydrogen-bond donors (Lipinski definition) is 2. The van der Waals surface area contributed by atoms with Crippen molar-refractivity contribution in [3.63, 3.8) is 0 Å². The van der Waals surface area contributed by atoms with Crippen LogP contribution < -0.4 is 4.72 Å². The van der Waals surface area contributed by atoms with Crippen LogP contribution in [-0.2, 0) is 16.4 Å². The fraction of sp³-hybridized carbons (Fsp3) is 0.333. The van der Waals surface area contributed by atoms with Gasteiger partial charge in [-0.05, 0) is 24.5 Å². The van der Waals surface area contributed by atoms with Gasteiger partial charge in [0.25, 0.3) is 0 Å². The fourth-order valence-corrected chi connectivity index (χ4v) is 3.03. The van der Waals surface area contributed by atoms with Gasteiger partial charge in [0.15, 0.2) is 0 Å². The van der Waals surface area contributed by atoms with Crippen molar-refractivity contribution in [2.45, 2.75) is 18.9 Å².